The number of hydrogen-bond acceptors (Lipinski definition) is 2. The van der Waals surface area contributed by atoms with Crippen molar-refractivity contribution in [3.63, 3.8) is 0 Å². The van der Waals surface area contributed by atoms with Crippen molar-refractivity contribution >= 4 is 5.91 Å². The quantitative estimate of drug-likeness (QED) is 0.812. The van der Waals surface area contributed by atoms with Crippen LogP contribution >= 0.6 is 0 Å². The summed E-state index contributed by atoms with van der Waals surface area (Å²) in [6, 6.07) is 5.92. The van der Waals surface area contributed by atoms with Crippen LogP contribution in [-0.4, -0.2) is 18.5 Å². The molecule has 0 heterocycles. The maximum absolute atomic E-state index is 12.9. The molecular weight excluding hydrogens is 231 g/mol. The zero-order chi connectivity index (χ0) is 13.5. The van der Waals surface area contributed by atoms with Gasteiger partial charge in [-0.1, -0.05) is 26.0 Å². The van der Waals surface area contributed by atoms with Crippen LogP contribution in [0, 0.1) is 11.7 Å². The van der Waals surface area contributed by atoms with Gasteiger partial charge < -0.3 is 11.1 Å². The Balaban J connectivity index is 2.31. The Kier molecular flexibility index (Phi) is 5.78. The number of benzene rings is 1. The summed E-state index contributed by atoms with van der Waals surface area (Å²) in [4.78, 5) is 11.6. The van der Waals surface area contributed by atoms with Gasteiger partial charge >= 0.3 is 0 Å². The fraction of sp³-hybridized carbons (Fsp3) is 0.500. The van der Waals surface area contributed by atoms with E-state index in [1.54, 1.807) is 6.07 Å². The number of nitrogens with two attached hydrogens (primary N) is 1. The van der Waals surface area contributed by atoms with Crippen LogP contribution in [0.2, 0.25) is 0 Å². The number of amides is 1. The monoisotopic (exact) mass is 252 g/mol. The zero-order valence-corrected chi connectivity index (χ0v) is 10.9. The number of carbonyl (C=O) groups is 1. The summed E-state index contributed by atoms with van der Waals surface area (Å²) in [5, 5.41) is 2.77. The van der Waals surface area contributed by atoms with Gasteiger partial charge in [0.2, 0.25) is 5.91 Å². The predicted octanol–water partition coefficient (Wildman–Crippen LogP) is 1.86. The molecule has 4 heteroatoms. The lowest BCUT2D eigenvalue weighted by Gasteiger charge is -2.14. The van der Waals surface area contributed by atoms with Crippen LogP contribution < -0.4 is 11.1 Å². The highest BCUT2D eigenvalue weighted by atomic mass is 19.1. The highest BCUT2D eigenvalue weighted by Crippen LogP contribution is 2.04. The van der Waals surface area contributed by atoms with Gasteiger partial charge in [-0.15, -0.1) is 0 Å². The van der Waals surface area contributed by atoms with Crippen molar-refractivity contribution in [2.75, 3.05) is 6.54 Å². The Labute approximate surface area is 108 Å². The first-order chi connectivity index (χ1) is 8.49. The van der Waals surface area contributed by atoms with Crippen LogP contribution in [0.5, 0.6) is 0 Å². The van der Waals surface area contributed by atoms with E-state index in [1.165, 1.54) is 12.1 Å². The summed E-state index contributed by atoms with van der Waals surface area (Å²) < 4.78 is 12.9. The second-order valence-electron chi connectivity index (χ2n) is 4.91. The van der Waals surface area contributed by atoms with Crippen molar-refractivity contribution in [2.45, 2.75) is 32.7 Å². The van der Waals surface area contributed by atoms with Gasteiger partial charge in [0.1, 0.15) is 5.82 Å². The normalized spacial score (nSPS) is 12.5. The van der Waals surface area contributed by atoms with Crippen LogP contribution in [0.1, 0.15) is 25.8 Å². The van der Waals surface area contributed by atoms with Crippen LogP contribution in [-0.2, 0) is 11.2 Å². The molecule has 1 atom stereocenters. The molecule has 3 N–H and O–H groups in total. The Morgan fingerprint density at radius 2 is 2.17 bits per heavy atom. The third kappa shape index (κ3) is 5.27. The van der Waals surface area contributed by atoms with Gasteiger partial charge in [0.25, 0.3) is 0 Å². The summed E-state index contributed by atoms with van der Waals surface area (Å²) in [6.07, 6.45) is 1.28. The maximum Gasteiger partial charge on any atom is 0.236 e. The van der Waals surface area contributed by atoms with Crippen molar-refractivity contribution < 1.29 is 9.18 Å². The molecule has 0 radical (unpaired) electrons. The maximum atomic E-state index is 12.9. The first-order valence-corrected chi connectivity index (χ1v) is 6.26. The molecule has 0 bridgehead atoms. The number of nitrogens with one attached hydrogen (secondary N) is 1. The fourth-order valence-corrected chi connectivity index (χ4v) is 1.77. The van der Waals surface area contributed by atoms with E-state index in [-0.39, 0.29) is 11.7 Å². The van der Waals surface area contributed by atoms with Gasteiger partial charge in [0.05, 0.1) is 6.04 Å². The molecule has 100 valence electrons. The third-order valence-corrected chi connectivity index (χ3v) is 2.66. The van der Waals surface area contributed by atoms with Gasteiger partial charge in [-0.25, -0.2) is 4.39 Å². The third-order valence-electron chi connectivity index (χ3n) is 2.66. The van der Waals surface area contributed by atoms with Gasteiger partial charge in [0.15, 0.2) is 0 Å². The number of carbonyl (C=O) groups excluding carboxylic acids is 1. The lowest BCUT2D eigenvalue weighted by Crippen LogP contribution is -2.42. The minimum Gasteiger partial charge on any atom is -0.354 e. The molecule has 0 aromatic heterocycles. The summed E-state index contributed by atoms with van der Waals surface area (Å²) >= 11 is 0. The molecule has 0 aliphatic carbocycles. The number of halogens is 1. The molecule has 1 rings (SSSR count). The zero-order valence-electron chi connectivity index (χ0n) is 10.9. The van der Waals surface area contributed by atoms with Crippen molar-refractivity contribution in [1.82, 2.24) is 5.32 Å². The van der Waals surface area contributed by atoms with E-state index < -0.39 is 6.04 Å². The highest BCUT2D eigenvalue weighted by Gasteiger charge is 2.13. The standard InChI is InChI=1S/C14H21FN2O/c1-10(2)8-13(16)14(18)17-7-6-11-4-3-5-12(15)9-11/h3-5,9-10,13H,6-8,16H2,1-2H3,(H,17,18)/t13-/m0/s1. The van der Waals surface area contributed by atoms with E-state index in [4.69, 9.17) is 5.73 Å². The van der Waals surface area contributed by atoms with Crippen molar-refractivity contribution in [2.24, 2.45) is 11.7 Å². The Hall–Kier alpha value is -1.42. The minimum atomic E-state index is -0.461. The summed E-state index contributed by atoms with van der Waals surface area (Å²) in [5.41, 5.74) is 6.62. The number of hydrogen-bond donors (Lipinski definition) is 2. The van der Waals surface area contributed by atoms with Crippen molar-refractivity contribution in [3.05, 3.63) is 35.6 Å². The van der Waals surface area contributed by atoms with E-state index >= 15 is 0 Å². The molecule has 1 aromatic carbocycles. The van der Waals surface area contributed by atoms with E-state index in [9.17, 15) is 9.18 Å². The molecule has 0 saturated heterocycles. The lowest BCUT2D eigenvalue weighted by atomic mass is 10.0. The number of rotatable bonds is 6. The second kappa shape index (κ2) is 7.11. The van der Waals surface area contributed by atoms with Crippen LogP contribution in [0.15, 0.2) is 24.3 Å². The summed E-state index contributed by atoms with van der Waals surface area (Å²) in [6.45, 7) is 4.54. The minimum absolute atomic E-state index is 0.139. The van der Waals surface area contributed by atoms with Crippen LogP contribution in [0.25, 0.3) is 0 Å². The molecule has 1 amide bonds. The topological polar surface area (TPSA) is 55.1 Å². The smallest absolute Gasteiger partial charge is 0.236 e. The summed E-state index contributed by atoms with van der Waals surface area (Å²) in [5.74, 6) is 0.00408. The lowest BCUT2D eigenvalue weighted by molar-refractivity contribution is -0.122. The average molecular weight is 252 g/mol. The molecule has 0 unspecified atom stereocenters. The van der Waals surface area contributed by atoms with E-state index in [0.717, 1.165) is 5.56 Å². The highest BCUT2D eigenvalue weighted by molar-refractivity contribution is 5.81. The molecular formula is C14H21FN2O. The van der Waals surface area contributed by atoms with Crippen LogP contribution in [0.3, 0.4) is 0 Å². The molecule has 0 saturated carbocycles. The molecule has 0 spiro atoms. The Bertz CT molecular complexity index is 393. The van der Waals surface area contributed by atoms with Gasteiger partial charge in [-0.05, 0) is 36.5 Å². The fourth-order valence-electron chi connectivity index (χ4n) is 1.77. The molecule has 0 aliphatic heterocycles. The molecule has 0 aliphatic rings. The van der Waals surface area contributed by atoms with Crippen molar-refractivity contribution in [1.29, 1.82) is 0 Å². The molecule has 18 heavy (non-hydrogen) atoms. The Morgan fingerprint density at radius 1 is 1.44 bits per heavy atom. The largest absolute Gasteiger partial charge is 0.354 e. The SMILES string of the molecule is CC(C)C[C@H](N)C(=O)NCCc1cccc(F)c1. The van der Waals surface area contributed by atoms with E-state index in [0.29, 0.717) is 25.3 Å². The first kappa shape index (κ1) is 14.6. The van der Waals surface area contributed by atoms with Crippen molar-refractivity contribution in [3.8, 4) is 0 Å². The molecule has 3 nitrogen and oxygen atoms in total. The van der Waals surface area contributed by atoms with E-state index in [1.807, 2.05) is 19.9 Å². The van der Waals surface area contributed by atoms with E-state index in [2.05, 4.69) is 5.32 Å². The van der Waals surface area contributed by atoms with Crippen LogP contribution in [0.4, 0.5) is 4.39 Å². The predicted molar refractivity (Wildman–Crippen MR) is 70.5 cm³/mol. The molecule has 1 aromatic rings. The van der Waals surface area contributed by atoms with Gasteiger partial charge in [0, 0.05) is 6.54 Å². The van der Waals surface area contributed by atoms with Gasteiger partial charge in [-0.2, -0.15) is 0 Å². The Morgan fingerprint density at radius 3 is 2.78 bits per heavy atom. The molecule has 0 fully saturated rings. The average Bonchev–Trinajstić information content (AvgIpc) is 2.28. The second-order valence-corrected chi connectivity index (χ2v) is 4.91. The van der Waals surface area contributed by atoms with Gasteiger partial charge in [-0.3, -0.25) is 4.79 Å². The summed E-state index contributed by atoms with van der Waals surface area (Å²) in [7, 11) is 0. The first-order valence-electron chi connectivity index (χ1n) is 6.26.